The molecule has 0 aliphatic heterocycles. The van der Waals surface area contributed by atoms with Gasteiger partial charge in [-0.2, -0.15) is 0 Å². The van der Waals surface area contributed by atoms with Crippen molar-refractivity contribution in [1.29, 1.82) is 0 Å². The first-order valence-electron chi connectivity index (χ1n) is 5.29. The average Bonchev–Trinajstić information content (AvgIpc) is 2.79. The Balaban J connectivity index is 2.50. The summed E-state index contributed by atoms with van der Waals surface area (Å²) in [7, 11) is 0. The van der Waals surface area contributed by atoms with Crippen molar-refractivity contribution >= 4 is 46.0 Å². The number of Topliss-reactive ketones (excluding diaryl/α,β-unsaturated/α-hetero) is 1. The molecule has 3 rings (SSSR count). The third kappa shape index (κ3) is 1.39. The van der Waals surface area contributed by atoms with Crippen molar-refractivity contribution in [2.45, 2.75) is 12.8 Å². The van der Waals surface area contributed by atoms with Crippen molar-refractivity contribution in [3.8, 4) is 0 Å². The number of carbonyl (C=O) groups excluding carboxylic acids is 1. The lowest BCUT2D eigenvalue weighted by molar-refractivity contribution is 0.0985. The Hall–Kier alpha value is -1.52. The van der Waals surface area contributed by atoms with Crippen molar-refractivity contribution in [1.82, 2.24) is 4.57 Å². The van der Waals surface area contributed by atoms with Gasteiger partial charge >= 0.3 is 6.09 Å². The summed E-state index contributed by atoms with van der Waals surface area (Å²) in [5, 5.41) is 10.6. The molecule has 1 aromatic heterocycles. The number of rotatable bonds is 0. The highest BCUT2D eigenvalue weighted by molar-refractivity contribution is 6.43. The van der Waals surface area contributed by atoms with Crippen LogP contribution < -0.4 is 0 Å². The zero-order valence-electron chi connectivity index (χ0n) is 9.04. The average molecular weight is 284 g/mol. The molecule has 6 heteroatoms. The van der Waals surface area contributed by atoms with E-state index >= 15 is 0 Å². The minimum atomic E-state index is -1.19. The van der Waals surface area contributed by atoms with E-state index in [1.54, 1.807) is 6.07 Å². The van der Waals surface area contributed by atoms with E-state index in [9.17, 15) is 14.7 Å². The maximum absolute atomic E-state index is 11.8. The number of fused-ring (bicyclic) bond motifs is 3. The third-order valence-corrected chi connectivity index (χ3v) is 3.89. The van der Waals surface area contributed by atoms with Gasteiger partial charge in [0, 0.05) is 11.8 Å². The molecule has 0 radical (unpaired) electrons. The second-order valence-electron chi connectivity index (χ2n) is 4.15. The first kappa shape index (κ1) is 11.6. The van der Waals surface area contributed by atoms with E-state index in [4.69, 9.17) is 23.2 Å². The summed E-state index contributed by atoms with van der Waals surface area (Å²) in [6, 6.07) is 3.11. The van der Waals surface area contributed by atoms with Crippen LogP contribution in [0.3, 0.4) is 0 Å². The second kappa shape index (κ2) is 3.73. The molecule has 0 atom stereocenters. The molecule has 0 bridgehead atoms. The number of carboxylic acid groups (broad SMARTS) is 1. The van der Waals surface area contributed by atoms with Crippen LogP contribution in [0.4, 0.5) is 4.79 Å². The number of hydrogen-bond donors (Lipinski definition) is 1. The Morgan fingerprint density at radius 1 is 1.22 bits per heavy atom. The number of aryl methyl sites for hydroxylation is 1. The summed E-state index contributed by atoms with van der Waals surface area (Å²) in [6.45, 7) is 0. The molecule has 1 aliphatic carbocycles. The van der Waals surface area contributed by atoms with Crippen LogP contribution in [-0.4, -0.2) is 21.6 Å². The molecule has 0 spiro atoms. The van der Waals surface area contributed by atoms with Crippen molar-refractivity contribution in [2.75, 3.05) is 0 Å². The molecule has 18 heavy (non-hydrogen) atoms. The summed E-state index contributed by atoms with van der Waals surface area (Å²) in [5.74, 6) is -0.157. The lowest BCUT2D eigenvalue weighted by Crippen LogP contribution is -2.13. The van der Waals surface area contributed by atoms with Crippen LogP contribution in [0.15, 0.2) is 12.1 Å². The summed E-state index contributed by atoms with van der Waals surface area (Å²) >= 11 is 11.8. The van der Waals surface area contributed by atoms with Crippen LogP contribution >= 0.6 is 23.2 Å². The molecule has 0 unspecified atom stereocenters. The lowest BCUT2D eigenvalue weighted by atomic mass is 10.1. The van der Waals surface area contributed by atoms with Crippen molar-refractivity contribution in [3.05, 3.63) is 33.4 Å². The van der Waals surface area contributed by atoms with Crippen molar-refractivity contribution < 1.29 is 14.7 Å². The Morgan fingerprint density at radius 2 is 1.89 bits per heavy atom. The van der Waals surface area contributed by atoms with Crippen LogP contribution in [0.25, 0.3) is 10.9 Å². The standard InChI is InChI=1S/C12H7Cl2NO3/c13-7-3-6-5-1-2-10(16)11(5)15(12(17)18)9(6)4-8(7)14/h3-4H,1-2H2,(H,17,18). The lowest BCUT2D eigenvalue weighted by Gasteiger charge is -2.03. The van der Waals surface area contributed by atoms with Gasteiger partial charge in [0.2, 0.25) is 0 Å². The second-order valence-corrected chi connectivity index (χ2v) is 4.97. The third-order valence-electron chi connectivity index (χ3n) is 3.17. The van der Waals surface area contributed by atoms with Gasteiger partial charge in [-0.1, -0.05) is 23.2 Å². The van der Waals surface area contributed by atoms with Crippen LogP contribution in [0.2, 0.25) is 10.0 Å². The molecule has 1 aromatic carbocycles. The quantitative estimate of drug-likeness (QED) is 0.804. The van der Waals surface area contributed by atoms with Gasteiger partial charge in [0.1, 0.15) is 0 Å². The highest BCUT2D eigenvalue weighted by Crippen LogP contribution is 2.37. The van der Waals surface area contributed by atoms with E-state index < -0.39 is 6.09 Å². The number of nitrogens with zero attached hydrogens (tertiary/aromatic N) is 1. The molecular weight excluding hydrogens is 277 g/mol. The van der Waals surface area contributed by atoms with Crippen LogP contribution in [0.1, 0.15) is 22.5 Å². The first-order chi connectivity index (χ1) is 8.50. The summed E-state index contributed by atoms with van der Waals surface area (Å²) in [6.07, 6.45) is -0.299. The van der Waals surface area contributed by atoms with Crippen LogP contribution in [-0.2, 0) is 6.42 Å². The van der Waals surface area contributed by atoms with E-state index in [0.717, 1.165) is 10.1 Å². The summed E-state index contributed by atoms with van der Waals surface area (Å²) < 4.78 is 1.00. The van der Waals surface area contributed by atoms with E-state index in [-0.39, 0.29) is 16.5 Å². The van der Waals surface area contributed by atoms with E-state index in [1.807, 2.05) is 0 Å². The number of aromatic nitrogens is 1. The highest BCUT2D eigenvalue weighted by atomic mass is 35.5. The van der Waals surface area contributed by atoms with Gasteiger partial charge in [-0.3, -0.25) is 4.79 Å². The largest absolute Gasteiger partial charge is 0.464 e. The number of hydrogen-bond acceptors (Lipinski definition) is 2. The van der Waals surface area contributed by atoms with Gasteiger partial charge in [0.05, 0.1) is 21.3 Å². The normalized spacial score (nSPS) is 14.2. The van der Waals surface area contributed by atoms with E-state index in [0.29, 0.717) is 28.8 Å². The molecule has 0 fully saturated rings. The predicted octanol–water partition coefficient (Wildman–Crippen LogP) is 3.60. The number of halogens is 2. The number of ketones is 1. The molecule has 2 aromatic rings. The molecular formula is C12H7Cl2NO3. The van der Waals surface area contributed by atoms with Crippen molar-refractivity contribution in [3.63, 3.8) is 0 Å². The van der Waals surface area contributed by atoms with Crippen molar-refractivity contribution in [2.24, 2.45) is 0 Å². The predicted molar refractivity (Wildman–Crippen MR) is 68.0 cm³/mol. The van der Waals surface area contributed by atoms with Crippen LogP contribution in [0, 0.1) is 0 Å². The zero-order chi connectivity index (χ0) is 13.0. The summed E-state index contributed by atoms with van der Waals surface area (Å²) in [5.41, 5.74) is 1.40. The molecule has 0 amide bonds. The van der Waals surface area contributed by atoms with Gasteiger partial charge in [-0.25, -0.2) is 9.36 Å². The van der Waals surface area contributed by atoms with E-state index in [1.165, 1.54) is 6.07 Å². The maximum Gasteiger partial charge on any atom is 0.416 e. The fraction of sp³-hybridized carbons (Fsp3) is 0.167. The molecule has 1 aliphatic rings. The molecule has 1 heterocycles. The molecule has 4 nitrogen and oxygen atoms in total. The SMILES string of the molecule is O=C1CCc2c1n(C(=O)O)c1cc(Cl)c(Cl)cc21. The topological polar surface area (TPSA) is 59.3 Å². The zero-order valence-corrected chi connectivity index (χ0v) is 10.5. The molecule has 92 valence electrons. The monoisotopic (exact) mass is 283 g/mol. The fourth-order valence-electron chi connectivity index (χ4n) is 2.45. The van der Waals surface area contributed by atoms with E-state index in [2.05, 4.69) is 0 Å². The molecule has 0 saturated heterocycles. The maximum atomic E-state index is 11.8. The fourth-order valence-corrected chi connectivity index (χ4v) is 2.77. The minimum absolute atomic E-state index is 0.157. The Bertz CT molecular complexity index is 718. The highest BCUT2D eigenvalue weighted by Gasteiger charge is 2.30. The number of carbonyl (C=O) groups is 2. The Morgan fingerprint density at radius 3 is 2.56 bits per heavy atom. The minimum Gasteiger partial charge on any atom is -0.464 e. The van der Waals surface area contributed by atoms with Gasteiger partial charge in [0.25, 0.3) is 0 Å². The van der Waals surface area contributed by atoms with Gasteiger partial charge < -0.3 is 5.11 Å². The van der Waals surface area contributed by atoms with Gasteiger partial charge in [-0.05, 0) is 24.1 Å². The van der Waals surface area contributed by atoms with Gasteiger partial charge in [-0.15, -0.1) is 0 Å². The Kier molecular flexibility index (Phi) is 2.40. The molecule has 0 saturated carbocycles. The Labute approximate surface area is 112 Å². The van der Waals surface area contributed by atoms with Crippen LogP contribution in [0.5, 0.6) is 0 Å². The summed E-state index contributed by atoms with van der Waals surface area (Å²) in [4.78, 5) is 23.1. The first-order valence-corrected chi connectivity index (χ1v) is 6.05. The van der Waals surface area contributed by atoms with Gasteiger partial charge in [0.15, 0.2) is 5.78 Å². The number of benzene rings is 1. The molecule has 1 N–H and O–H groups in total. The smallest absolute Gasteiger partial charge is 0.416 e.